The van der Waals surface area contributed by atoms with Gasteiger partial charge in [-0.2, -0.15) is 4.98 Å². The van der Waals surface area contributed by atoms with Gasteiger partial charge >= 0.3 is 6.09 Å². The minimum Gasteiger partial charge on any atom is -0.444 e. The molecular weight excluding hydrogens is 566 g/mol. The van der Waals surface area contributed by atoms with Crippen molar-refractivity contribution in [3.63, 3.8) is 0 Å². The molecule has 0 bridgehead atoms. The number of hydrogen-bond acceptors (Lipinski definition) is 9. The largest absolute Gasteiger partial charge is 0.444 e. The molecule has 11 nitrogen and oxygen atoms in total. The second-order valence-corrected chi connectivity index (χ2v) is 13.8. The number of nitrogens with one attached hydrogen (secondary N) is 1. The van der Waals surface area contributed by atoms with E-state index in [4.69, 9.17) is 9.72 Å². The summed E-state index contributed by atoms with van der Waals surface area (Å²) in [4.78, 5) is 56.9. The predicted octanol–water partition coefficient (Wildman–Crippen LogP) is 3.87. The van der Waals surface area contributed by atoms with Gasteiger partial charge in [-0.3, -0.25) is 18.9 Å². The number of anilines is 1. The summed E-state index contributed by atoms with van der Waals surface area (Å²) in [5.74, 6) is 0.213. The molecule has 1 atom stereocenters. The van der Waals surface area contributed by atoms with E-state index in [9.17, 15) is 14.4 Å². The number of ether oxygens (including phenoxy) is 1. The van der Waals surface area contributed by atoms with Crippen LogP contribution in [0, 0.1) is 0 Å². The van der Waals surface area contributed by atoms with Gasteiger partial charge in [-0.1, -0.05) is 12.1 Å². The van der Waals surface area contributed by atoms with E-state index in [0.29, 0.717) is 53.8 Å². The molecule has 0 aliphatic carbocycles. The Morgan fingerprint density at radius 3 is 2.63 bits per heavy atom. The lowest BCUT2D eigenvalue weighted by Crippen LogP contribution is -2.50. The first-order valence-electron chi connectivity index (χ1n) is 15.2. The predicted molar refractivity (Wildman–Crippen MR) is 167 cm³/mol. The third-order valence-electron chi connectivity index (χ3n) is 8.75. The minimum absolute atomic E-state index is 0.110. The second kappa shape index (κ2) is 10.7. The van der Waals surface area contributed by atoms with Gasteiger partial charge in [0.1, 0.15) is 16.0 Å². The van der Waals surface area contributed by atoms with Gasteiger partial charge in [0.05, 0.1) is 15.6 Å². The Balaban J connectivity index is 1.21. The average molecular weight is 604 g/mol. The number of nitrogens with zero attached hydrogens (tertiary/aromatic N) is 6. The number of rotatable bonds is 3. The molecule has 1 aromatic carbocycles. The maximum atomic E-state index is 14.0. The van der Waals surface area contributed by atoms with Crippen LogP contribution in [0.4, 0.5) is 10.7 Å². The van der Waals surface area contributed by atoms with Gasteiger partial charge in [0.15, 0.2) is 5.65 Å². The molecule has 43 heavy (non-hydrogen) atoms. The van der Waals surface area contributed by atoms with E-state index in [-0.39, 0.29) is 23.1 Å². The average Bonchev–Trinajstić information content (AvgIpc) is 3.61. The number of aromatic nitrogens is 3. The highest BCUT2D eigenvalue weighted by Crippen LogP contribution is 2.32. The Bertz CT molecular complexity index is 1790. The number of piperidine rings is 1. The van der Waals surface area contributed by atoms with Gasteiger partial charge in [-0.25, -0.2) is 9.78 Å². The number of likely N-dealkylation sites (tertiary alicyclic amines) is 1. The molecular formula is C31H37N7O4S. The lowest BCUT2D eigenvalue weighted by atomic mass is 10.0. The van der Waals surface area contributed by atoms with Crippen molar-refractivity contribution < 1.29 is 14.3 Å². The molecule has 3 aliphatic rings. The van der Waals surface area contributed by atoms with E-state index >= 15 is 0 Å². The summed E-state index contributed by atoms with van der Waals surface area (Å²) in [6, 6.07) is 8.26. The molecule has 7 rings (SSSR count). The van der Waals surface area contributed by atoms with E-state index in [1.165, 1.54) is 24.2 Å². The molecule has 2 amide bonds. The van der Waals surface area contributed by atoms with Crippen LogP contribution in [0.2, 0.25) is 0 Å². The molecule has 6 heterocycles. The highest BCUT2D eigenvalue weighted by molar-refractivity contribution is 7.24. The van der Waals surface area contributed by atoms with Crippen LogP contribution in [-0.2, 0) is 4.74 Å². The first kappa shape index (κ1) is 28.0. The molecule has 0 spiro atoms. The molecule has 0 radical (unpaired) electrons. The Labute approximate surface area is 253 Å². The Morgan fingerprint density at radius 1 is 1.05 bits per heavy atom. The van der Waals surface area contributed by atoms with Crippen LogP contribution in [0.15, 0.2) is 35.3 Å². The van der Waals surface area contributed by atoms with E-state index < -0.39 is 11.5 Å². The fourth-order valence-corrected chi connectivity index (χ4v) is 7.78. The third kappa shape index (κ3) is 5.20. The SMILES string of the molecule is CC(C)(C)OC(=O)N1CCC(NC(=O)c2c(=O)c3cnc(N4CCN5CCCC5C4)nc3n3c2sc2ccccc23)CC1. The zero-order valence-electron chi connectivity index (χ0n) is 24.8. The van der Waals surface area contributed by atoms with Crippen molar-refractivity contribution in [2.45, 2.75) is 64.1 Å². The molecule has 4 aromatic rings. The lowest BCUT2D eigenvalue weighted by Gasteiger charge is -2.37. The Hall–Kier alpha value is -3.77. The van der Waals surface area contributed by atoms with E-state index in [2.05, 4.69) is 20.1 Å². The monoisotopic (exact) mass is 603 g/mol. The quantitative estimate of drug-likeness (QED) is 0.376. The number of pyridine rings is 1. The normalized spacial score (nSPS) is 20.2. The number of piperazine rings is 1. The molecule has 1 N–H and O–H groups in total. The summed E-state index contributed by atoms with van der Waals surface area (Å²) in [6.07, 6.45) is 4.81. The minimum atomic E-state index is -0.564. The number of benzene rings is 1. The zero-order chi connectivity index (χ0) is 29.9. The smallest absolute Gasteiger partial charge is 0.410 e. The maximum absolute atomic E-state index is 14.0. The van der Waals surface area contributed by atoms with Gasteiger partial charge in [0.2, 0.25) is 11.4 Å². The van der Waals surface area contributed by atoms with E-state index in [1.54, 1.807) is 11.1 Å². The van der Waals surface area contributed by atoms with Crippen LogP contribution in [0.3, 0.4) is 0 Å². The van der Waals surface area contributed by atoms with Crippen LogP contribution in [0.5, 0.6) is 0 Å². The van der Waals surface area contributed by atoms with Crippen LogP contribution < -0.4 is 15.6 Å². The summed E-state index contributed by atoms with van der Waals surface area (Å²) in [5.41, 5.74) is 0.610. The number of hydrogen-bond donors (Lipinski definition) is 1. The van der Waals surface area contributed by atoms with Crippen molar-refractivity contribution in [2.75, 3.05) is 44.2 Å². The molecule has 3 aromatic heterocycles. The summed E-state index contributed by atoms with van der Waals surface area (Å²) >= 11 is 1.42. The molecule has 226 valence electrons. The first-order chi connectivity index (χ1) is 20.7. The maximum Gasteiger partial charge on any atom is 0.410 e. The summed E-state index contributed by atoms with van der Waals surface area (Å²) in [6.45, 7) is 10.3. The van der Waals surface area contributed by atoms with Crippen molar-refractivity contribution >= 4 is 55.4 Å². The van der Waals surface area contributed by atoms with Crippen molar-refractivity contribution in [1.29, 1.82) is 0 Å². The molecule has 0 saturated carbocycles. The molecule has 1 unspecified atom stereocenters. The molecule has 3 fully saturated rings. The van der Waals surface area contributed by atoms with Gasteiger partial charge in [0.25, 0.3) is 5.91 Å². The van der Waals surface area contributed by atoms with Crippen LogP contribution in [0.25, 0.3) is 26.1 Å². The summed E-state index contributed by atoms with van der Waals surface area (Å²) < 4.78 is 8.42. The van der Waals surface area contributed by atoms with Gasteiger partial charge in [0, 0.05) is 51.0 Å². The Kier molecular flexibility index (Phi) is 7.00. The lowest BCUT2D eigenvalue weighted by molar-refractivity contribution is 0.0199. The summed E-state index contributed by atoms with van der Waals surface area (Å²) in [5, 5.41) is 3.42. The number of thiazole rings is 1. The summed E-state index contributed by atoms with van der Waals surface area (Å²) in [7, 11) is 0. The fraction of sp³-hybridized carbons (Fsp3) is 0.516. The van der Waals surface area contributed by atoms with Crippen LogP contribution in [-0.4, -0.2) is 93.1 Å². The Morgan fingerprint density at radius 2 is 1.84 bits per heavy atom. The topological polar surface area (TPSA) is 112 Å². The molecule has 3 saturated heterocycles. The van der Waals surface area contributed by atoms with Crippen molar-refractivity contribution in [3.8, 4) is 0 Å². The van der Waals surface area contributed by atoms with Gasteiger partial charge in [-0.05, 0) is 65.1 Å². The number of para-hydroxylation sites is 1. The number of amides is 2. The molecule has 3 aliphatic heterocycles. The zero-order valence-corrected chi connectivity index (χ0v) is 25.7. The van der Waals surface area contributed by atoms with E-state index in [1.807, 2.05) is 49.4 Å². The van der Waals surface area contributed by atoms with Crippen LogP contribution in [0.1, 0.15) is 56.8 Å². The van der Waals surface area contributed by atoms with Crippen molar-refractivity contribution in [1.82, 2.24) is 29.5 Å². The highest BCUT2D eigenvalue weighted by Gasteiger charge is 2.33. The van der Waals surface area contributed by atoms with Crippen molar-refractivity contribution in [3.05, 3.63) is 46.2 Å². The number of carbonyl (C=O) groups excluding carboxylic acids is 2. The first-order valence-corrected chi connectivity index (χ1v) is 16.0. The number of carbonyl (C=O) groups is 2. The molecule has 12 heteroatoms. The highest BCUT2D eigenvalue weighted by atomic mass is 32.1. The number of fused-ring (bicyclic) bond motifs is 6. The van der Waals surface area contributed by atoms with Crippen LogP contribution >= 0.6 is 11.3 Å². The van der Waals surface area contributed by atoms with E-state index in [0.717, 1.165) is 36.4 Å². The standard InChI is InChI=1S/C31H37N7O4S/c1-31(2,3)42-30(41)36-13-10-19(11-14-36)33-27(40)24-25(39)21-17-32-29(37-16-15-35-12-6-7-20(35)18-37)34-26(21)38-22-8-4-5-9-23(22)43-28(24)38/h4-5,8-9,17,19-20H,6-7,10-16,18H2,1-3H3,(H,33,40). The van der Waals surface area contributed by atoms with Gasteiger partial charge < -0.3 is 19.9 Å². The second-order valence-electron chi connectivity index (χ2n) is 12.8. The van der Waals surface area contributed by atoms with Gasteiger partial charge in [-0.15, -0.1) is 11.3 Å². The van der Waals surface area contributed by atoms with Crippen molar-refractivity contribution in [2.24, 2.45) is 0 Å². The third-order valence-corrected chi connectivity index (χ3v) is 9.89. The fourth-order valence-electron chi connectivity index (χ4n) is 6.60.